The molecular weight excluding hydrogens is 262 g/mol. The van der Waals surface area contributed by atoms with Crippen molar-refractivity contribution in [3.8, 4) is 0 Å². The van der Waals surface area contributed by atoms with Crippen molar-refractivity contribution in [3.05, 3.63) is 39.9 Å². The summed E-state index contributed by atoms with van der Waals surface area (Å²) in [5, 5.41) is 13.7. The Kier molecular flexibility index (Phi) is 2.98. The Morgan fingerprint density at radius 3 is 2.70 bits per heavy atom. The lowest BCUT2D eigenvalue weighted by Crippen LogP contribution is -2.39. The van der Waals surface area contributed by atoms with Gasteiger partial charge in [0.15, 0.2) is 5.78 Å². The summed E-state index contributed by atoms with van der Waals surface area (Å²) in [5.41, 5.74) is 0.315. The van der Waals surface area contributed by atoms with Crippen LogP contribution < -0.4 is 5.32 Å². The number of likely N-dealkylation sites (tertiary alicyclic amines) is 1. The van der Waals surface area contributed by atoms with E-state index < -0.39 is 4.92 Å². The Bertz CT molecular complexity index is 584. The van der Waals surface area contributed by atoms with Crippen LogP contribution in [0, 0.1) is 10.1 Å². The molecule has 2 saturated heterocycles. The molecule has 7 heteroatoms. The summed E-state index contributed by atoms with van der Waals surface area (Å²) in [6.45, 7) is 0.837. The molecule has 2 unspecified atom stereocenters. The lowest BCUT2D eigenvalue weighted by atomic mass is 10.1. The van der Waals surface area contributed by atoms with Gasteiger partial charge in [-0.05, 0) is 25.1 Å². The molecule has 1 N–H and O–H groups in total. The van der Waals surface area contributed by atoms with E-state index in [9.17, 15) is 19.7 Å². The van der Waals surface area contributed by atoms with Crippen molar-refractivity contribution in [2.45, 2.75) is 18.5 Å². The Labute approximate surface area is 114 Å². The van der Waals surface area contributed by atoms with Crippen LogP contribution in [-0.2, 0) is 4.79 Å². The van der Waals surface area contributed by atoms with Crippen molar-refractivity contribution < 1.29 is 14.5 Å². The van der Waals surface area contributed by atoms with Gasteiger partial charge in [0.1, 0.15) is 0 Å². The zero-order valence-corrected chi connectivity index (χ0v) is 10.6. The van der Waals surface area contributed by atoms with Gasteiger partial charge < -0.3 is 10.2 Å². The molecule has 3 rings (SSSR count). The fourth-order valence-corrected chi connectivity index (χ4v) is 2.85. The summed E-state index contributed by atoms with van der Waals surface area (Å²) in [7, 11) is 0. The maximum atomic E-state index is 12.4. The van der Waals surface area contributed by atoms with Crippen LogP contribution in [0.1, 0.15) is 16.8 Å². The van der Waals surface area contributed by atoms with Crippen LogP contribution in [0.15, 0.2) is 24.3 Å². The quantitative estimate of drug-likeness (QED) is 0.621. The number of nitrogens with one attached hydrogen (secondary N) is 1. The molecule has 2 heterocycles. The molecule has 0 radical (unpaired) electrons. The van der Waals surface area contributed by atoms with E-state index in [1.165, 1.54) is 24.3 Å². The van der Waals surface area contributed by atoms with Crippen molar-refractivity contribution in [3.63, 3.8) is 0 Å². The standard InChI is InChI=1S/C13H13N3O4/c17-11-7-15(10-5-6-14-12(10)11)13(18)8-1-3-9(4-2-8)16(19)20/h1-4,10,12,14H,5-7H2. The third-order valence-electron chi connectivity index (χ3n) is 3.85. The number of Topliss-reactive ketones (excluding diaryl/α,β-unsaturated/α-hetero) is 1. The molecule has 20 heavy (non-hydrogen) atoms. The molecule has 0 saturated carbocycles. The van der Waals surface area contributed by atoms with Crippen LogP contribution in [-0.4, -0.2) is 46.7 Å². The molecule has 7 nitrogen and oxygen atoms in total. The van der Waals surface area contributed by atoms with Crippen molar-refractivity contribution in [2.24, 2.45) is 0 Å². The van der Waals surface area contributed by atoms with E-state index in [1.54, 1.807) is 4.90 Å². The molecule has 104 valence electrons. The predicted molar refractivity (Wildman–Crippen MR) is 69.3 cm³/mol. The van der Waals surface area contributed by atoms with E-state index >= 15 is 0 Å². The predicted octanol–water partition coefficient (Wildman–Crippen LogP) is 0.350. The second-order valence-electron chi connectivity index (χ2n) is 4.99. The van der Waals surface area contributed by atoms with Crippen LogP contribution in [0.5, 0.6) is 0 Å². The molecular formula is C13H13N3O4. The molecule has 0 aromatic heterocycles. The highest BCUT2D eigenvalue weighted by atomic mass is 16.6. The maximum absolute atomic E-state index is 12.4. The summed E-state index contributed by atoms with van der Waals surface area (Å²) in [5.74, 6) is -0.216. The third-order valence-corrected chi connectivity index (χ3v) is 3.85. The number of carbonyl (C=O) groups excluding carboxylic acids is 2. The number of hydrogen-bond donors (Lipinski definition) is 1. The monoisotopic (exact) mass is 275 g/mol. The Morgan fingerprint density at radius 1 is 1.35 bits per heavy atom. The van der Waals surface area contributed by atoms with Gasteiger partial charge in [-0.25, -0.2) is 0 Å². The van der Waals surface area contributed by atoms with Crippen molar-refractivity contribution in [2.75, 3.05) is 13.1 Å². The van der Waals surface area contributed by atoms with E-state index in [0.717, 1.165) is 13.0 Å². The van der Waals surface area contributed by atoms with Gasteiger partial charge in [0, 0.05) is 17.7 Å². The number of nitro benzene ring substituents is 1. The van der Waals surface area contributed by atoms with E-state index in [4.69, 9.17) is 0 Å². The van der Waals surface area contributed by atoms with Crippen molar-refractivity contribution in [1.82, 2.24) is 10.2 Å². The highest BCUT2D eigenvalue weighted by molar-refractivity contribution is 6.01. The summed E-state index contributed by atoms with van der Waals surface area (Å²) in [6, 6.07) is 5.12. The minimum absolute atomic E-state index is 0.0303. The van der Waals surface area contributed by atoms with Crippen molar-refractivity contribution >= 4 is 17.4 Å². The molecule has 0 bridgehead atoms. The summed E-state index contributed by atoms with van der Waals surface area (Å²) in [4.78, 5) is 35.8. The van der Waals surface area contributed by atoms with Crippen LogP contribution in [0.3, 0.4) is 0 Å². The lowest BCUT2D eigenvalue weighted by Gasteiger charge is -2.22. The molecule has 0 spiro atoms. The number of hydrogen-bond acceptors (Lipinski definition) is 5. The van der Waals surface area contributed by atoms with E-state index in [-0.39, 0.29) is 36.0 Å². The van der Waals surface area contributed by atoms with Crippen molar-refractivity contribution in [1.29, 1.82) is 0 Å². The summed E-state index contributed by atoms with van der Waals surface area (Å²) in [6.07, 6.45) is 0.759. The zero-order chi connectivity index (χ0) is 14.3. The SMILES string of the molecule is O=C1CN(C(=O)c2ccc([N+](=O)[O-])cc2)C2CCNC12. The topological polar surface area (TPSA) is 92.5 Å². The number of benzene rings is 1. The molecule has 1 aromatic rings. The third kappa shape index (κ3) is 1.96. The van der Waals surface area contributed by atoms with E-state index in [1.807, 2.05) is 0 Å². The van der Waals surface area contributed by atoms with Gasteiger partial charge in [-0.1, -0.05) is 0 Å². The van der Waals surface area contributed by atoms with Gasteiger partial charge in [0.2, 0.25) is 0 Å². The molecule has 2 fully saturated rings. The first kappa shape index (κ1) is 12.7. The number of carbonyl (C=O) groups is 2. The second-order valence-corrected chi connectivity index (χ2v) is 4.99. The highest BCUT2D eigenvalue weighted by Crippen LogP contribution is 2.25. The fraction of sp³-hybridized carbons (Fsp3) is 0.385. The first-order valence-electron chi connectivity index (χ1n) is 6.39. The number of nitrogens with zero attached hydrogens (tertiary/aromatic N) is 2. The van der Waals surface area contributed by atoms with E-state index in [2.05, 4.69) is 5.32 Å². The first-order valence-corrected chi connectivity index (χ1v) is 6.39. The van der Waals surface area contributed by atoms with Crippen LogP contribution >= 0.6 is 0 Å². The highest BCUT2D eigenvalue weighted by Gasteiger charge is 2.45. The first-order chi connectivity index (χ1) is 9.58. The number of rotatable bonds is 2. The zero-order valence-electron chi connectivity index (χ0n) is 10.6. The molecule has 2 atom stereocenters. The van der Waals surface area contributed by atoms with Gasteiger partial charge >= 0.3 is 0 Å². The maximum Gasteiger partial charge on any atom is 0.269 e. The fourth-order valence-electron chi connectivity index (χ4n) is 2.85. The van der Waals surface area contributed by atoms with Gasteiger partial charge in [-0.2, -0.15) is 0 Å². The minimum Gasteiger partial charge on any atom is -0.326 e. The Balaban J connectivity index is 1.82. The van der Waals surface area contributed by atoms with E-state index in [0.29, 0.717) is 5.56 Å². The van der Waals surface area contributed by atoms with Gasteiger partial charge in [-0.15, -0.1) is 0 Å². The number of fused-ring (bicyclic) bond motifs is 1. The molecule has 1 aromatic carbocycles. The van der Waals surface area contributed by atoms with Gasteiger partial charge in [0.05, 0.1) is 23.6 Å². The largest absolute Gasteiger partial charge is 0.326 e. The summed E-state index contributed by atoms with van der Waals surface area (Å²) < 4.78 is 0. The molecule has 1 amide bonds. The van der Waals surface area contributed by atoms with Crippen LogP contribution in [0.2, 0.25) is 0 Å². The Morgan fingerprint density at radius 2 is 2.05 bits per heavy atom. The van der Waals surface area contributed by atoms with Crippen LogP contribution in [0.4, 0.5) is 5.69 Å². The lowest BCUT2D eigenvalue weighted by molar-refractivity contribution is -0.384. The number of nitro groups is 1. The van der Waals surface area contributed by atoms with Gasteiger partial charge in [0.25, 0.3) is 11.6 Å². The average Bonchev–Trinajstić information content (AvgIpc) is 3.03. The summed E-state index contributed by atoms with van der Waals surface area (Å²) >= 11 is 0. The normalized spacial score (nSPS) is 24.8. The number of non-ortho nitro benzene ring substituents is 1. The van der Waals surface area contributed by atoms with Gasteiger partial charge in [-0.3, -0.25) is 19.7 Å². The number of amides is 1. The second kappa shape index (κ2) is 4.68. The molecule has 2 aliphatic rings. The smallest absolute Gasteiger partial charge is 0.269 e. The molecule has 0 aliphatic carbocycles. The minimum atomic E-state index is -0.509. The molecule has 2 aliphatic heterocycles. The number of ketones is 1. The average molecular weight is 275 g/mol. The van der Waals surface area contributed by atoms with Crippen LogP contribution in [0.25, 0.3) is 0 Å². The Hall–Kier alpha value is -2.28.